The quantitative estimate of drug-likeness (QED) is 0.616. The summed E-state index contributed by atoms with van der Waals surface area (Å²) in [5.74, 6) is 0.905. The van der Waals surface area contributed by atoms with E-state index in [2.05, 4.69) is 43.4 Å². The summed E-state index contributed by atoms with van der Waals surface area (Å²) in [6.07, 6.45) is 1.08. The van der Waals surface area contributed by atoms with Gasteiger partial charge in [0, 0.05) is 25.7 Å². The number of rotatable bonds is 7. The van der Waals surface area contributed by atoms with Crippen LogP contribution in [-0.2, 0) is 6.54 Å². The van der Waals surface area contributed by atoms with Gasteiger partial charge in [-0.15, -0.1) is 0 Å². The Bertz CT molecular complexity index is 463. The largest absolute Gasteiger partial charge is 0.496 e. The second-order valence-corrected chi connectivity index (χ2v) is 5.95. The summed E-state index contributed by atoms with van der Waals surface area (Å²) in [6, 6.07) is 6.20. The summed E-state index contributed by atoms with van der Waals surface area (Å²) in [5.41, 5.74) is 2.38. The molecule has 0 unspecified atom stereocenters. The molecule has 4 nitrogen and oxygen atoms in total. The van der Waals surface area contributed by atoms with Gasteiger partial charge in [-0.25, -0.2) is 0 Å². The van der Waals surface area contributed by atoms with Crippen LogP contribution < -0.4 is 10.1 Å². The second kappa shape index (κ2) is 8.85. The molecule has 0 atom stereocenters. The standard InChI is InChI=1S/C16H27N3OS/c1-13-7-8-15(20-5)14(11-13)12-19(4)16(21)17-9-6-10-18(2)3/h7-8,11H,6,9-10,12H2,1-5H3,(H,17,21). The van der Waals surface area contributed by atoms with Crippen molar-refractivity contribution in [1.29, 1.82) is 0 Å². The van der Waals surface area contributed by atoms with Crippen LogP contribution >= 0.6 is 12.2 Å². The van der Waals surface area contributed by atoms with Gasteiger partial charge in [0.2, 0.25) is 0 Å². The number of thiocarbonyl (C=S) groups is 1. The molecule has 0 saturated heterocycles. The molecule has 0 aromatic heterocycles. The first-order valence-electron chi connectivity index (χ1n) is 7.21. The minimum absolute atomic E-state index is 0.740. The fraction of sp³-hybridized carbons (Fsp3) is 0.562. The van der Waals surface area contributed by atoms with Crippen molar-refractivity contribution >= 4 is 17.3 Å². The number of nitrogens with zero attached hydrogens (tertiary/aromatic N) is 2. The van der Waals surface area contributed by atoms with Crippen LogP contribution in [0.2, 0.25) is 0 Å². The molecule has 21 heavy (non-hydrogen) atoms. The highest BCUT2D eigenvalue weighted by molar-refractivity contribution is 7.80. The molecule has 1 rings (SSSR count). The minimum atomic E-state index is 0.740. The number of aryl methyl sites for hydroxylation is 1. The van der Waals surface area contributed by atoms with E-state index < -0.39 is 0 Å². The first kappa shape index (κ1) is 17.7. The zero-order chi connectivity index (χ0) is 15.8. The zero-order valence-electron chi connectivity index (χ0n) is 13.8. The van der Waals surface area contributed by atoms with Crippen molar-refractivity contribution in [3.05, 3.63) is 29.3 Å². The molecular formula is C16H27N3OS. The molecule has 0 aliphatic carbocycles. The van der Waals surface area contributed by atoms with Crippen LogP contribution in [0.4, 0.5) is 0 Å². The zero-order valence-corrected chi connectivity index (χ0v) is 14.6. The first-order chi connectivity index (χ1) is 9.93. The van der Waals surface area contributed by atoms with E-state index in [1.165, 1.54) is 5.56 Å². The SMILES string of the molecule is COc1ccc(C)cc1CN(C)C(=S)NCCCN(C)C. The molecule has 0 radical (unpaired) electrons. The molecule has 1 N–H and O–H groups in total. The summed E-state index contributed by atoms with van der Waals surface area (Å²) in [4.78, 5) is 4.22. The van der Waals surface area contributed by atoms with Gasteiger partial charge >= 0.3 is 0 Å². The molecule has 118 valence electrons. The Morgan fingerprint density at radius 1 is 1.29 bits per heavy atom. The van der Waals surface area contributed by atoms with Gasteiger partial charge < -0.3 is 19.9 Å². The van der Waals surface area contributed by atoms with Crippen LogP contribution in [0.5, 0.6) is 5.75 Å². The highest BCUT2D eigenvalue weighted by atomic mass is 32.1. The van der Waals surface area contributed by atoms with Crippen molar-refractivity contribution in [3.8, 4) is 5.75 Å². The average Bonchev–Trinajstić information content (AvgIpc) is 2.43. The van der Waals surface area contributed by atoms with Gasteiger partial charge in [-0.1, -0.05) is 17.7 Å². The molecule has 0 aliphatic rings. The van der Waals surface area contributed by atoms with Crippen LogP contribution in [0.1, 0.15) is 17.5 Å². The van der Waals surface area contributed by atoms with Crippen molar-refractivity contribution in [1.82, 2.24) is 15.1 Å². The summed E-state index contributed by atoms with van der Waals surface area (Å²) in [6.45, 7) is 4.78. The van der Waals surface area contributed by atoms with E-state index in [9.17, 15) is 0 Å². The molecule has 1 aromatic rings. The third-order valence-corrected chi connectivity index (χ3v) is 3.70. The van der Waals surface area contributed by atoms with E-state index in [1.54, 1.807) is 7.11 Å². The van der Waals surface area contributed by atoms with Gasteiger partial charge in [0.1, 0.15) is 5.75 Å². The summed E-state index contributed by atoms with van der Waals surface area (Å²) in [7, 11) is 7.86. The van der Waals surface area contributed by atoms with E-state index in [0.717, 1.165) is 42.5 Å². The third kappa shape index (κ3) is 6.31. The Kier molecular flexibility index (Phi) is 7.47. The van der Waals surface area contributed by atoms with Crippen molar-refractivity contribution in [2.75, 3.05) is 41.3 Å². The molecule has 0 fully saturated rings. The fourth-order valence-corrected chi connectivity index (χ4v) is 2.25. The number of nitrogens with one attached hydrogen (secondary N) is 1. The smallest absolute Gasteiger partial charge is 0.168 e. The lowest BCUT2D eigenvalue weighted by Gasteiger charge is -2.22. The Balaban J connectivity index is 2.50. The van der Waals surface area contributed by atoms with Gasteiger partial charge in [0.15, 0.2) is 5.11 Å². The average molecular weight is 309 g/mol. The molecule has 0 amide bonds. The summed E-state index contributed by atoms with van der Waals surface area (Å²) in [5, 5.41) is 4.08. The lowest BCUT2D eigenvalue weighted by atomic mass is 10.1. The molecule has 0 spiro atoms. The maximum absolute atomic E-state index is 5.43. The van der Waals surface area contributed by atoms with Crippen LogP contribution in [0.25, 0.3) is 0 Å². The second-order valence-electron chi connectivity index (χ2n) is 5.56. The van der Waals surface area contributed by atoms with Crippen molar-refractivity contribution < 1.29 is 4.74 Å². The maximum Gasteiger partial charge on any atom is 0.168 e. The Labute approximate surface area is 134 Å². The molecule has 0 heterocycles. The van der Waals surface area contributed by atoms with Crippen LogP contribution in [-0.4, -0.2) is 56.3 Å². The fourth-order valence-electron chi connectivity index (χ4n) is 2.08. The number of ether oxygens (including phenoxy) is 1. The highest BCUT2D eigenvalue weighted by Gasteiger charge is 2.09. The lowest BCUT2D eigenvalue weighted by molar-refractivity contribution is 0.391. The van der Waals surface area contributed by atoms with Crippen LogP contribution in [0.3, 0.4) is 0 Å². The molecule has 0 saturated carbocycles. The molecule has 5 heteroatoms. The summed E-state index contributed by atoms with van der Waals surface area (Å²) < 4.78 is 5.41. The van der Waals surface area contributed by atoms with Gasteiger partial charge in [0.25, 0.3) is 0 Å². The number of hydrogen-bond acceptors (Lipinski definition) is 3. The van der Waals surface area contributed by atoms with E-state index in [0.29, 0.717) is 0 Å². The van der Waals surface area contributed by atoms with E-state index >= 15 is 0 Å². The minimum Gasteiger partial charge on any atom is -0.496 e. The Morgan fingerprint density at radius 2 is 2.00 bits per heavy atom. The molecule has 0 aliphatic heterocycles. The van der Waals surface area contributed by atoms with E-state index in [1.807, 2.05) is 18.0 Å². The Morgan fingerprint density at radius 3 is 2.62 bits per heavy atom. The van der Waals surface area contributed by atoms with Gasteiger partial charge in [-0.3, -0.25) is 0 Å². The third-order valence-electron chi connectivity index (χ3n) is 3.25. The number of hydrogen-bond donors (Lipinski definition) is 1. The predicted octanol–water partition coefficient (Wildman–Crippen LogP) is 2.26. The van der Waals surface area contributed by atoms with Crippen molar-refractivity contribution in [2.45, 2.75) is 19.9 Å². The normalized spacial score (nSPS) is 10.6. The highest BCUT2D eigenvalue weighted by Crippen LogP contribution is 2.20. The molecular weight excluding hydrogens is 282 g/mol. The number of benzene rings is 1. The molecule has 0 bridgehead atoms. The van der Waals surface area contributed by atoms with Gasteiger partial charge in [-0.05, 0) is 52.3 Å². The Hall–Kier alpha value is -1.33. The van der Waals surface area contributed by atoms with E-state index in [-0.39, 0.29) is 0 Å². The van der Waals surface area contributed by atoms with Crippen molar-refractivity contribution in [2.24, 2.45) is 0 Å². The van der Waals surface area contributed by atoms with Crippen LogP contribution in [0, 0.1) is 6.92 Å². The summed E-state index contributed by atoms with van der Waals surface area (Å²) >= 11 is 5.43. The first-order valence-corrected chi connectivity index (χ1v) is 7.62. The maximum atomic E-state index is 5.43. The van der Waals surface area contributed by atoms with Crippen LogP contribution in [0.15, 0.2) is 18.2 Å². The lowest BCUT2D eigenvalue weighted by Crippen LogP contribution is -2.37. The number of methoxy groups -OCH3 is 1. The van der Waals surface area contributed by atoms with Crippen molar-refractivity contribution in [3.63, 3.8) is 0 Å². The molecule has 1 aromatic carbocycles. The van der Waals surface area contributed by atoms with Gasteiger partial charge in [0.05, 0.1) is 7.11 Å². The monoisotopic (exact) mass is 309 g/mol. The predicted molar refractivity (Wildman–Crippen MR) is 93.0 cm³/mol. The topological polar surface area (TPSA) is 27.7 Å². The van der Waals surface area contributed by atoms with E-state index in [4.69, 9.17) is 17.0 Å². The van der Waals surface area contributed by atoms with Gasteiger partial charge in [-0.2, -0.15) is 0 Å².